The van der Waals surface area contributed by atoms with Crippen molar-refractivity contribution in [3.63, 3.8) is 0 Å². The molecule has 4 nitrogen and oxygen atoms in total. The smallest absolute Gasteiger partial charge is 0.320 e. The van der Waals surface area contributed by atoms with Gasteiger partial charge in [-0.15, -0.1) is 0 Å². The van der Waals surface area contributed by atoms with Crippen LogP contribution in [0.25, 0.3) is 11.1 Å². The summed E-state index contributed by atoms with van der Waals surface area (Å²) in [7, 11) is 1.63. The highest BCUT2D eigenvalue weighted by molar-refractivity contribution is 6.30. The number of ether oxygens (including phenoxy) is 1. The van der Waals surface area contributed by atoms with Gasteiger partial charge in [0.2, 0.25) is 0 Å². The molecule has 30 heavy (non-hydrogen) atoms. The molecule has 1 N–H and O–H groups in total. The van der Waals surface area contributed by atoms with Crippen LogP contribution in [-0.4, -0.2) is 35.7 Å². The Hall–Kier alpha value is -2.82. The van der Waals surface area contributed by atoms with Crippen molar-refractivity contribution in [1.29, 1.82) is 0 Å². The minimum Gasteiger partial charge on any atom is -0.496 e. The number of rotatable bonds is 6. The van der Waals surface area contributed by atoms with Crippen LogP contribution in [0.5, 0.6) is 5.75 Å². The molecule has 5 heteroatoms. The van der Waals surface area contributed by atoms with E-state index in [2.05, 4.69) is 36.4 Å². The van der Waals surface area contributed by atoms with Gasteiger partial charge in [0, 0.05) is 17.1 Å². The van der Waals surface area contributed by atoms with Gasteiger partial charge in [0.25, 0.3) is 0 Å². The summed E-state index contributed by atoms with van der Waals surface area (Å²) >= 11 is 6.33. The first kappa shape index (κ1) is 20.5. The van der Waals surface area contributed by atoms with Gasteiger partial charge < -0.3 is 9.84 Å². The normalized spacial score (nSPS) is 17.6. The topological polar surface area (TPSA) is 49.8 Å². The highest BCUT2D eigenvalue weighted by Crippen LogP contribution is 2.40. The van der Waals surface area contributed by atoms with Crippen LogP contribution in [0.15, 0.2) is 72.8 Å². The van der Waals surface area contributed by atoms with E-state index in [9.17, 15) is 9.90 Å². The van der Waals surface area contributed by atoms with Gasteiger partial charge >= 0.3 is 5.97 Å². The minimum atomic E-state index is -0.792. The van der Waals surface area contributed by atoms with E-state index in [4.69, 9.17) is 16.3 Å². The van der Waals surface area contributed by atoms with E-state index in [0.717, 1.165) is 28.7 Å². The van der Waals surface area contributed by atoms with Crippen LogP contribution in [0.4, 0.5) is 0 Å². The fourth-order valence-corrected chi connectivity index (χ4v) is 4.50. The lowest BCUT2D eigenvalue weighted by Gasteiger charge is -2.33. The van der Waals surface area contributed by atoms with Crippen molar-refractivity contribution in [2.75, 3.05) is 13.7 Å². The van der Waals surface area contributed by atoms with Gasteiger partial charge in [0.05, 0.1) is 13.2 Å². The molecule has 3 aromatic carbocycles. The Kier molecular flexibility index (Phi) is 6.07. The lowest BCUT2D eigenvalue weighted by molar-refractivity contribution is -0.142. The number of hydrogen-bond donors (Lipinski definition) is 1. The van der Waals surface area contributed by atoms with E-state index in [-0.39, 0.29) is 6.04 Å². The summed E-state index contributed by atoms with van der Waals surface area (Å²) in [5.41, 5.74) is 4.16. The Morgan fingerprint density at radius 3 is 2.43 bits per heavy atom. The van der Waals surface area contributed by atoms with E-state index in [0.29, 0.717) is 23.7 Å². The van der Waals surface area contributed by atoms with Gasteiger partial charge in [0.15, 0.2) is 0 Å². The van der Waals surface area contributed by atoms with Gasteiger partial charge in [0.1, 0.15) is 11.8 Å². The summed E-state index contributed by atoms with van der Waals surface area (Å²) in [6.07, 6.45) is 1.48. The van der Waals surface area contributed by atoms with Crippen LogP contribution in [0.2, 0.25) is 5.02 Å². The number of benzene rings is 3. The summed E-state index contributed by atoms with van der Waals surface area (Å²) in [5, 5.41) is 10.4. The van der Waals surface area contributed by atoms with Crippen LogP contribution < -0.4 is 4.74 Å². The third-order valence-corrected chi connectivity index (χ3v) is 5.97. The molecule has 0 aromatic heterocycles. The molecule has 1 fully saturated rings. The fraction of sp³-hybridized carbons (Fsp3) is 0.240. The first-order chi connectivity index (χ1) is 14.6. The molecular weight excluding hydrogens is 398 g/mol. The second kappa shape index (κ2) is 8.90. The number of likely N-dealkylation sites (tertiary alicyclic amines) is 1. The van der Waals surface area contributed by atoms with Crippen LogP contribution >= 0.6 is 11.6 Å². The van der Waals surface area contributed by atoms with Gasteiger partial charge in [-0.3, -0.25) is 9.69 Å². The molecule has 2 unspecified atom stereocenters. The molecule has 1 aliphatic heterocycles. The van der Waals surface area contributed by atoms with Crippen molar-refractivity contribution in [2.24, 2.45) is 0 Å². The second-order valence-electron chi connectivity index (χ2n) is 7.51. The molecule has 0 aliphatic carbocycles. The summed E-state index contributed by atoms with van der Waals surface area (Å²) in [6.45, 7) is 0.706. The molecule has 154 valence electrons. The molecule has 4 rings (SSSR count). The highest BCUT2D eigenvalue weighted by atomic mass is 35.5. The summed E-state index contributed by atoms with van der Waals surface area (Å²) in [5.74, 6) is -0.0908. The molecule has 0 bridgehead atoms. The Morgan fingerprint density at radius 2 is 1.77 bits per heavy atom. The molecule has 1 aliphatic rings. The fourth-order valence-electron chi connectivity index (χ4n) is 4.32. The summed E-state index contributed by atoms with van der Waals surface area (Å²) in [6, 6.07) is 23.2. The highest BCUT2D eigenvalue weighted by Gasteiger charge is 2.38. The molecular formula is C25H24ClNO3. The number of carboxylic acids is 1. The van der Waals surface area contributed by atoms with E-state index in [1.54, 1.807) is 13.2 Å². The maximum atomic E-state index is 11.9. The number of carbonyl (C=O) groups is 1. The third-order valence-electron chi connectivity index (χ3n) is 5.73. The molecule has 1 heterocycles. The maximum Gasteiger partial charge on any atom is 0.320 e. The van der Waals surface area contributed by atoms with Gasteiger partial charge in [-0.05, 0) is 47.7 Å². The maximum absolute atomic E-state index is 11.9. The van der Waals surface area contributed by atoms with Gasteiger partial charge in [-0.2, -0.15) is 0 Å². The van der Waals surface area contributed by atoms with Crippen molar-refractivity contribution < 1.29 is 14.6 Å². The average Bonchev–Trinajstić information content (AvgIpc) is 3.25. The van der Waals surface area contributed by atoms with E-state index < -0.39 is 12.0 Å². The molecule has 0 radical (unpaired) electrons. The molecule has 3 aromatic rings. The Bertz CT molecular complexity index is 1020. The summed E-state index contributed by atoms with van der Waals surface area (Å²) < 4.78 is 5.62. The monoisotopic (exact) mass is 421 g/mol. The minimum absolute atomic E-state index is 0.257. The number of halogens is 1. The first-order valence-electron chi connectivity index (χ1n) is 10.1. The largest absolute Gasteiger partial charge is 0.496 e. The average molecular weight is 422 g/mol. The van der Waals surface area contributed by atoms with Gasteiger partial charge in [-0.1, -0.05) is 66.2 Å². The van der Waals surface area contributed by atoms with Crippen LogP contribution in [-0.2, 0) is 4.79 Å². The number of aliphatic carboxylic acids is 1. The second-order valence-corrected chi connectivity index (χ2v) is 7.95. The van der Waals surface area contributed by atoms with Crippen molar-refractivity contribution in [2.45, 2.75) is 24.9 Å². The van der Waals surface area contributed by atoms with Crippen LogP contribution in [0, 0.1) is 0 Å². The van der Waals surface area contributed by atoms with Gasteiger partial charge in [-0.25, -0.2) is 0 Å². The number of hydrogen-bond acceptors (Lipinski definition) is 3. The van der Waals surface area contributed by atoms with Crippen LogP contribution in [0.3, 0.4) is 0 Å². The zero-order valence-electron chi connectivity index (χ0n) is 16.8. The lowest BCUT2D eigenvalue weighted by atomic mass is 9.93. The van der Waals surface area contributed by atoms with Crippen molar-refractivity contribution in [3.05, 3.63) is 88.9 Å². The first-order valence-corrected chi connectivity index (χ1v) is 10.4. The summed E-state index contributed by atoms with van der Waals surface area (Å²) in [4.78, 5) is 14.0. The molecule has 0 amide bonds. The number of methoxy groups -OCH3 is 1. The van der Waals surface area contributed by atoms with Crippen LogP contribution in [0.1, 0.15) is 30.0 Å². The number of nitrogens with zero attached hydrogens (tertiary/aromatic N) is 1. The molecule has 2 atom stereocenters. The Morgan fingerprint density at radius 1 is 1.07 bits per heavy atom. The predicted molar refractivity (Wildman–Crippen MR) is 119 cm³/mol. The van der Waals surface area contributed by atoms with Crippen molar-refractivity contribution >= 4 is 17.6 Å². The van der Waals surface area contributed by atoms with Crippen molar-refractivity contribution in [3.8, 4) is 16.9 Å². The van der Waals surface area contributed by atoms with E-state index in [1.807, 2.05) is 35.2 Å². The standard InChI is InChI=1S/C25H24ClNO3/c1-30-23-14-13-20(26)16-21(23)24(27-15-5-8-22(27)25(28)29)19-11-9-18(10-12-19)17-6-3-2-4-7-17/h2-4,6-7,9-14,16,22,24H,5,8,15H2,1H3,(H,28,29). The Balaban J connectivity index is 1.80. The SMILES string of the molecule is COc1ccc(Cl)cc1C(c1ccc(-c2ccccc2)cc1)N1CCCC1C(=O)O. The quantitative estimate of drug-likeness (QED) is 0.558. The molecule has 1 saturated heterocycles. The zero-order valence-corrected chi connectivity index (χ0v) is 17.5. The molecule has 0 spiro atoms. The lowest BCUT2D eigenvalue weighted by Crippen LogP contribution is -2.39. The predicted octanol–water partition coefficient (Wildman–Crippen LogP) is 5.65. The molecule has 0 saturated carbocycles. The van der Waals surface area contributed by atoms with Crippen molar-refractivity contribution in [1.82, 2.24) is 4.90 Å². The Labute approximate surface area is 181 Å². The number of carboxylic acid groups (broad SMARTS) is 1. The third kappa shape index (κ3) is 4.07. The van der Waals surface area contributed by atoms with E-state index in [1.165, 1.54) is 0 Å². The van der Waals surface area contributed by atoms with E-state index >= 15 is 0 Å². The zero-order chi connectivity index (χ0) is 21.1.